The van der Waals surface area contributed by atoms with Crippen LogP contribution in [0.2, 0.25) is 0 Å². The van der Waals surface area contributed by atoms with Crippen LogP contribution < -0.4 is 0 Å². The van der Waals surface area contributed by atoms with Crippen LogP contribution in [-0.2, 0) is 10.5 Å². The normalized spacial score (nSPS) is 11.9. The zero-order chi connectivity index (χ0) is 11.8. The Bertz CT molecular complexity index is 199. The van der Waals surface area contributed by atoms with Crippen LogP contribution in [0.1, 0.15) is 27.7 Å². The Morgan fingerprint density at radius 3 is 1.14 bits per heavy atom. The Balaban J connectivity index is 0. The van der Waals surface area contributed by atoms with Crippen LogP contribution in [-0.4, -0.2) is 43.6 Å². The van der Waals surface area contributed by atoms with Gasteiger partial charge in [0.25, 0.3) is 10.5 Å². The predicted molar refractivity (Wildman–Crippen MR) is 53.2 cm³/mol. The number of halogens is 1. The molecule has 0 unspecified atom stereocenters. The largest absolute Gasteiger partial charge is 0.722 e. The molecule has 0 fully saturated rings. The lowest BCUT2D eigenvalue weighted by Gasteiger charge is -2.34. The number of hydrogen-bond donors (Lipinski definition) is 0. The van der Waals surface area contributed by atoms with Crippen molar-refractivity contribution < 1.29 is 21.3 Å². The third-order valence-electron chi connectivity index (χ3n) is 2.68. The van der Waals surface area contributed by atoms with E-state index in [1.807, 2.05) is 0 Å². The molecule has 0 aliphatic carbocycles. The standard InChI is InChI=1S/C8H20N.FHO3S/c1-5-9(6-2,7-3)8-4;1-5(2,3)4/h5-8H2,1-4H3;(H,2,3,4)/q+1;/p-1. The highest BCUT2D eigenvalue weighted by Gasteiger charge is 2.16. The second-order valence-corrected chi connectivity index (χ2v) is 3.79. The highest BCUT2D eigenvalue weighted by atomic mass is 32.3. The van der Waals surface area contributed by atoms with Gasteiger partial charge in [0.2, 0.25) is 0 Å². The molecule has 0 amide bonds. The van der Waals surface area contributed by atoms with Gasteiger partial charge in [-0.3, -0.25) is 0 Å². The van der Waals surface area contributed by atoms with E-state index in [0.29, 0.717) is 0 Å². The van der Waals surface area contributed by atoms with Gasteiger partial charge in [-0.15, -0.1) is 3.89 Å². The molecular formula is C8H20FNO3S. The number of rotatable bonds is 4. The average Bonchev–Trinajstić information content (AvgIpc) is 2.07. The van der Waals surface area contributed by atoms with E-state index in [2.05, 4.69) is 27.7 Å². The van der Waals surface area contributed by atoms with E-state index >= 15 is 0 Å². The van der Waals surface area contributed by atoms with E-state index in [1.54, 1.807) is 0 Å². The third-order valence-corrected chi connectivity index (χ3v) is 2.68. The predicted octanol–water partition coefficient (Wildman–Crippen LogP) is 1.30. The van der Waals surface area contributed by atoms with E-state index in [9.17, 15) is 3.89 Å². The minimum Gasteiger partial charge on any atom is -0.722 e. The molecular weight excluding hydrogens is 209 g/mol. The molecule has 0 aliphatic rings. The monoisotopic (exact) mass is 229 g/mol. The molecule has 0 N–H and O–H groups in total. The second-order valence-electron chi connectivity index (χ2n) is 3.00. The zero-order valence-corrected chi connectivity index (χ0v) is 10.1. The third kappa shape index (κ3) is 9.88. The second kappa shape index (κ2) is 7.14. The van der Waals surface area contributed by atoms with Crippen LogP contribution in [0.3, 0.4) is 0 Å². The summed E-state index contributed by atoms with van der Waals surface area (Å²) in [7, 11) is -5.42. The molecule has 0 aromatic rings. The van der Waals surface area contributed by atoms with E-state index in [4.69, 9.17) is 13.0 Å². The lowest BCUT2D eigenvalue weighted by molar-refractivity contribution is -0.921. The molecule has 88 valence electrons. The van der Waals surface area contributed by atoms with E-state index < -0.39 is 10.5 Å². The van der Waals surface area contributed by atoms with Gasteiger partial charge in [0, 0.05) is 0 Å². The Morgan fingerprint density at radius 2 is 1.14 bits per heavy atom. The Labute approximate surface area is 86.4 Å². The quantitative estimate of drug-likeness (QED) is 0.415. The lowest BCUT2D eigenvalue weighted by atomic mass is 10.3. The molecule has 6 heteroatoms. The summed E-state index contributed by atoms with van der Waals surface area (Å²) >= 11 is 0. The van der Waals surface area contributed by atoms with Crippen LogP contribution in [0.25, 0.3) is 0 Å². The fraction of sp³-hybridized carbons (Fsp3) is 1.00. The zero-order valence-electron chi connectivity index (χ0n) is 9.29. The summed E-state index contributed by atoms with van der Waals surface area (Å²) in [5.74, 6) is 0. The van der Waals surface area contributed by atoms with Crippen molar-refractivity contribution in [3.8, 4) is 0 Å². The fourth-order valence-electron chi connectivity index (χ4n) is 1.34. The smallest absolute Gasteiger partial charge is 0.255 e. The van der Waals surface area contributed by atoms with Gasteiger partial charge in [-0.2, -0.15) is 0 Å². The van der Waals surface area contributed by atoms with Gasteiger partial charge in [-0.05, 0) is 27.7 Å². The molecule has 0 aromatic heterocycles. The van der Waals surface area contributed by atoms with Gasteiger partial charge in [0.1, 0.15) is 0 Å². The van der Waals surface area contributed by atoms with Gasteiger partial charge < -0.3 is 9.04 Å². The molecule has 0 heterocycles. The van der Waals surface area contributed by atoms with Crippen LogP contribution in [0.4, 0.5) is 3.89 Å². The topological polar surface area (TPSA) is 57.2 Å². The Hall–Kier alpha value is -0.200. The van der Waals surface area contributed by atoms with Crippen molar-refractivity contribution >= 4 is 10.5 Å². The van der Waals surface area contributed by atoms with Crippen molar-refractivity contribution in [1.29, 1.82) is 0 Å². The van der Waals surface area contributed by atoms with Gasteiger partial charge in [0.15, 0.2) is 0 Å². The first kappa shape index (κ1) is 16.2. The number of quaternary nitrogens is 1. The maximum absolute atomic E-state index is 10.1. The van der Waals surface area contributed by atoms with E-state index in [-0.39, 0.29) is 0 Å². The van der Waals surface area contributed by atoms with Crippen molar-refractivity contribution in [2.75, 3.05) is 26.2 Å². The van der Waals surface area contributed by atoms with Crippen molar-refractivity contribution in [2.45, 2.75) is 27.7 Å². The van der Waals surface area contributed by atoms with Gasteiger partial charge >= 0.3 is 0 Å². The minimum atomic E-state index is -5.42. The van der Waals surface area contributed by atoms with Gasteiger partial charge in [-0.1, -0.05) is 0 Å². The van der Waals surface area contributed by atoms with Crippen molar-refractivity contribution in [3.63, 3.8) is 0 Å². The maximum Gasteiger partial charge on any atom is 0.255 e. The maximum atomic E-state index is 10.1. The highest BCUT2D eigenvalue weighted by molar-refractivity contribution is 7.80. The van der Waals surface area contributed by atoms with Crippen LogP contribution >= 0.6 is 0 Å². The Kier molecular flexibility index (Phi) is 8.28. The Morgan fingerprint density at radius 1 is 1.00 bits per heavy atom. The summed E-state index contributed by atoms with van der Waals surface area (Å²) in [6.07, 6.45) is 0. The molecule has 4 nitrogen and oxygen atoms in total. The lowest BCUT2D eigenvalue weighted by Crippen LogP contribution is -2.47. The molecule has 0 aliphatic heterocycles. The van der Waals surface area contributed by atoms with Crippen LogP contribution in [0.5, 0.6) is 0 Å². The molecule has 0 atom stereocenters. The highest BCUT2D eigenvalue weighted by Crippen LogP contribution is 2.03. The summed E-state index contributed by atoms with van der Waals surface area (Å²) < 4.78 is 36.6. The molecule has 0 saturated heterocycles. The first-order valence-electron chi connectivity index (χ1n) is 4.75. The van der Waals surface area contributed by atoms with Crippen molar-refractivity contribution in [1.82, 2.24) is 0 Å². The molecule has 0 saturated carbocycles. The average molecular weight is 229 g/mol. The van der Waals surface area contributed by atoms with E-state index in [1.165, 1.54) is 30.7 Å². The van der Waals surface area contributed by atoms with Crippen molar-refractivity contribution in [3.05, 3.63) is 0 Å². The summed E-state index contributed by atoms with van der Waals surface area (Å²) in [6, 6.07) is 0. The van der Waals surface area contributed by atoms with Gasteiger partial charge in [0.05, 0.1) is 26.2 Å². The summed E-state index contributed by atoms with van der Waals surface area (Å²) in [5, 5.41) is 0. The fourth-order valence-corrected chi connectivity index (χ4v) is 1.34. The summed E-state index contributed by atoms with van der Waals surface area (Å²) in [6.45, 7) is 14.2. The SMILES string of the molecule is CC[N+](CC)(CC)CC.O=S(=O)([O-])F. The molecule has 14 heavy (non-hydrogen) atoms. The first-order valence-corrected chi connectivity index (χ1v) is 6.06. The van der Waals surface area contributed by atoms with Crippen LogP contribution in [0.15, 0.2) is 0 Å². The van der Waals surface area contributed by atoms with Crippen LogP contribution in [0, 0.1) is 0 Å². The first-order chi connectivity index (χ1) is 6.24. The summed E-state index contributed by atoms with van der Waals surface area (Å²) in [4.78, 5) is 0. The molecule has 0 rings (SSSR count). The molecule has 0 radical (unpaired) electrons. The molecule has 0 spiro atoms. The van der Waals surface area contributed by atoms with Gasteiger partial charge in [-0.25, -0.2) is 8.42 Å². The number of nitrogens with zero attached hydrogens (tertiary/aromatic N) is 1. The van der Waals surface area contributed by atoms with Crippen molar-refractivity contribution in [2.24, 2.45) is 0 Å². The molecule has 0 aromatic carbocycles. The molecule has 0 bridgehead atoms. The minimum absolute atomic E-state index is 1.28. The summed E-state index contributed by atoms with van der Waals surface area (Å²) in [5.41, 5.74) is 0. The van der Waals surface area contributed by atoms with E-state index in [0.717, 1.165) is 0 Å². The number of hydrogen-bond acceptors (Lipinski definition) is 3.